The van der Waals surface area contributed by atoms with E-state index in [4.69, 9.17) is 15.1 Å². The zero-order chi connectivity index (χ0) is 39.0. The van der Waals surface area contributed by atoms with Gasteiger partial charge in [-0.3, -0.25) is 28.7 Å². The average molecular weight is 739 g/mol. The van der Waals surface area contributed by atoms with E-state index in [0.717, 1.165) is 109 Å². The molecule has 9 heteroatoms. The lowest BCUT2D eigenvalue weighted by molar-refractivity contribution is 0.240. The zero-order valence-corrected chi connectivity index (χ0v) is 33.0. The molecule has 0 unspecified atom stereocenters. The van der Waals surface area contributed by atoms with E-state index in [1.165, 1.54) is 5.56 Å². The Morgan fingerprint density at radius 3 is 1.82 bits per heavy atom. The highest BCUT2D eigenvalue weighted by Crippen LogP contribution is 2.31. The lowest BCUT2D eigenvalue weighted by Crippen LogP contribution is -2.36. The molecule has 9 nitrogen and oxygen atoms in total. The average Bonchev–Trinajstić information content (AvgIpc) is 3.17. The highest BCUT2D eigenvalue weighted by atomic mass is 16.2. The second-order valence-electron chi connectivity index (χ2n) is 16.2. The summed E-state index contributed by atoms with van der Waals surface area (Å²) in [5.74, 6) is 1.85. The van der Waals surface area contributed by atoms with Gasteiger partial charge in [0, 0.05) is 62.7 Å². The molecule has 0 amide bonds. The van der Waals surface area contributed by atoms with E-state index in [-0.39, 0.29) is 28.6 Å². The van der Waals surface area contributed by atoms with Gasteiger partial charge in [0.2, 0.25) is 0 Å². The van der Waals surface area contributed by atoms with Crippen molar-refractivity contribution < 1.29 is 5.11 Å². The number of hydrogen-bond acceptors (Lipinski definition) is 7. The molecule has 8 rings (SSSR count). The predicted octanol–water partition coefficient (Wildman–Crippen LogP) is 7.96. The molecule has 6 aromatic rings. The number of nitrogens with zero attached hydrogens (tertiary/aromatic N) is 6. The normalized spacial score (nSPS) is 15.4. The van der Waals surface area contributed by atoms with Gasteiger partial charge in [-0.1, -0.05) is 64.1 Å². The topological polar surface area (TPSA) is 116 Å². The third kappa shape index (κ3) is 10.1. The largest absolute Gasteiger partial charge is 0.397 e. The predicted molar refractivity (Wildman–Crippen MR) is 222 cm³/mol. The number of hydrogen-bond donors (Lipinski definition) is 1. The van der Waals surface area contributed by atoms with E-state index in [2.05, 4.69) is 68.0 Å². The van der Waals surface area contributed by atoms with Gasteiger partial charge in [0.15, 0.2) is 0 Å². The summed E-state index contributed by atoms with van der Waals surface area (Å²) in [5.41, 5.74) is 6.61. The van der Waals surface area contributed by atoms with Crippen molar-refractivity contribution >= 4 is 27.9 Å². The van der Waals surface area contributed by atoms with Crippen molar-refractivity contribution in [2.24, 2.45) is 10.8 Å². The Bertz CT molecular complexity index is 2380. The van der Waals surface area contributed by atoms with Gasteiger partial charge in [-0.15, -0.1) is 0 Å². The van der Waals surface area contributed by atoms with Crippen LogP contribution >= 0.6 is 0 Å². The third-order valence-electron chi connectivity index (χ3n) is 10.4. The fourth-order valence-corrected chi connectivity index (χ4v) is 7.33. The summed E-state index contributed by atoms with van der Waals surface area (Å²) in [6, 6.07) is 24.0. The second-order valence-corrected chi connectivity index (χ2v) is 16.2. The minimum Gasteiger partial charge on any atom is -0.397 e. The summed E-state index contributed by atoms with van der Waals surface area (Å²) in [6.45, 7) is 12.3. The van der Waals surface area contributed by atoms with Crippen molar-refractivity contribution in [1.29, 1.82) is 0 Å². The van der Waals surface area contributed by atoms with Crippen LogP contribution in [0.5, 0.6) is 0 Å². The summed E-state index contributed by atoms with van der Waals surface area (Å²) < 4.78 is 3.75. The molecule has 0 aliphatic carbocycles. The Kier molecular flexibility index (Phi) is 12.5. The standard InChI is InChI=1S/C22H25N3O.C22H23N3O.C2H6O/c2*1-22(2)12-11-20-24-19-14-16(6-5-8-17-7-3-4-13-23-17)9-10-18(19)21(26)25(20)15-22;1-2-3/h3-4,7,9-10,13-14H,5-6,8,11-12,15H2,1-2H3;3-7,9-10,13-14H,8,11-12,15H2,1-2H3;3H,2H2,1H3/b;6-5+;. The van der Waals surface area contributed by atoms with Crippen LogP contribution in [0.15, 0.2) is 101 Å². The Labute approximate surface area is 323 Å². The molecule has 2 aromatic carbocycles. The monoisotopic (exact) mass is 738 g/mol. The van der Waals surface area contributed by atoms with Gasteiger partial charge in [0.25, 0.3) is 11.1 Å². The molecule has 4 aromatic heterocycles. The van der Waals surface area contributed by atoms with E-state index in [1.807, 2.05) is 69.9 Å². The lowest BCUT2D eigenvalue weighted by Gasteiger charge is -2.31. The van der Waals surface area contributed by atoms with Gasteiger partial charge in [-0.2, -0.15) is 0 Å². The van der Waals surface area contributed by atoms with E-state index >= 15 is 0 Å². The summed E-state index contributed by atoms with van der Waals surface area (Å²) in [6.07, 6.45) is 15.5. The summed E-state index contributed by atoms with van der Waals surface area (Å²) in [4.78, 5) is 44.1. The maximum atomic E-state index is 12.9. The van der Waals surface area contributed by atoms with Crippen LogP contribution < -0.4 is 11.1 Å². The summed E-state index contributed by atoms with van der Waals surface area (Å²) in [7, 11) is 0. The molecule has 2 aliphatic heterocycles. The Hall–Kier alpha value is -5.28. The first-order valence-corrected chi connectivity index (χ1v) is 19.6. The molecule has 286 valence electrons. The minimum atomic E-state index is 0.0850. The van der Waals surface area contributed by atoms with Crippen LogP contribution in [0.3, 0.4) is 0 Å². The molecule has 0 spiro atoms. The molecule has 0 saturated carbocycles. The van der Waals surface area contributed by atoms with Crippen LogP contribution in [0.25, 0.3) is 27.9 Å². The van der Waals surface area contributed by atoms with Crippen LogP contribution in [0, 0.1) is 10.8 Å². The van der Waals surface area contributed by atoms with Crippen molar-refractivity contribution in [1.82, 2.24) is 29.1 Å². The lowest BCUT2D eigenvalue weighted by atomic mass is 9.85. The van der Waals surface area contributed by atoms with Crippen LogP contribution in [-0.2, 0) is 45.2 Å². The van der Waals surface area contributed by atoms with Crippen molar-refractivity contribution in [2.75, 3.05) is 6.61 Å². The smallest absolute Gasteiger partial charge is 0.261 e. The fourth-order valence-electron chi connectivity index (χ4n) is 7.33. The number of pyridine rings is 2. The molecule has 2 aliphatic rings. The first-order chi connectivity index (χ1) is 26.4. The van der Waals surface area contributed by atoms with Gasteiger partial charge in [0.05, 0.1) is 21.8 Å². The number of fused-ring (bicyclic) bond motifs is 4. The molecule has 0 fully saturated rings. The van der Waals surface area contributed by atoms with Gasteiger partial charge in [-0.05, 0) is 110 Å². The maximum Gasteiger partial charge on any atom is 0.261 e. The highest BCUT2D eigenvalue weighted by molar-refractivity contribution is 5.80. The van der Waals surface area contributed by atoms with E-state index in [9.17, 15) is 9.59 Å². The highest BCUT2D eigenvalue weighted by Gasteiger charge is 2.28. The number of aliphatic hydroxyl groups is 1. The van der Waals surface area contributed by atoms with Crippen molar-refractivity contribution in [3.8, 4) is 0 Å². The molecule has 0 radical (unpaired) electrons. The number of rotatable bonds is 7. The van der Waals surface area contributed by atoms with E-state index in [0.29, 0.717) is 5.39 Å². The molecule has 0 saturated heterocycles. The molecule has 55 heavy (non-hydrogen) atoms. The Morgan fingerprint density at radius 1 is 0.709 bits per heavy atom. The van der Waals surface area contributed by atoms with Crippen LogP contribution in [0.1, 0.15) is 88.0 Å². The zero-order valence-electron chi connectivity index (χ0n) is 33.0. The number of benzene rings is 2. The molecule has 6 heterocycles. The van der Waals surface area contributed by atoms with Gasteiger partial charge in [0.1, 0.15) is 11.6 Å². The van der Waals surface area contributed by atoms with Crippen molar-refractivity contribution in [2.45, 2.75) is 99.1 Å². The molecular weight excluding hydrogens is 685 g/mol. The Morgan fingerprint density at radius 2 is 1.25 bits per heavy atom. The van der Waals surface area contributed by atoms with Crippen LogP contribution in [0.2, 0.25) is 0 Å². The maximum absolute atomic E-state index is 12.9. The summed E-state index contributed by atoms with van der Waals surface area (Å²) in [5, 5.41) is 9.01. The van der Waals surface area contributed by atoms with E-state index in [1.54, 1.807) is 13.1 Å². The molecule has 0 atom stereocenters. The van der Waals surface area contributed by atoms with Crippen molar-refractivity contribution in [3.63, 3.8) is 0 Å². The van der Waals surface area contributed by atoms with Crippen molar-refractivity contribution in [3.05, 3.63) is 146 Å². The van der Waals surface area contributed by atoms with Gasteiger partial charge < -0.3 is 5.11 Å². The number of aliphatic hydroxyl groups excluding tert-OH is 1. The SMILES string of the molecule is CC1(C)CCc2nc3cc(/C=C/Cc4ccccn4)ccc3c(=O)n2C1.CC1(C)CCc2nc3cc(CCCc4ccccn4)ccc3c(=O)n2C1.CCO. The quantitative estimate of drug-likeness (QED) is 0.177. The van der Waals surface area contributed by atoms with Gasteiger partial charge >= 0.3 is 0 Å². The first-order valence-electron chi connectivity index (χ1n) is 19.6. The molecular formula is C46H54N6O3. The van der Waals surface area contributed by atoms with Crippen LogP contribution in [0.4, 0.5) is 0 Å². The van der Waals surface area contributed by atoms with Gasteiger partial charge in [-0.25, -0.2) is 9.97 Å². The number of aryl methyl sites for hydroxylation is 4. The number of aromatic nitrogens is 6. The Balaban J connectivity index is 0.000000175. The molecule has 1 N–H and O–H groups in total. The third-order valence-corrected chi connectivity index (χ3v) is 10.4. The fraction of sp³-hybridized carbons (Fsp3) is 0.391. The van der Waals surface area contributed by atoms with Crippen LogP contribution in [-0.4, -0.2) is 40.8 Å². The van der Waals surface area contributed by atoms with E-state index < -0.39 is 0 Å². The number of allylic oxidation sites excluding steroid dienone is 1. The molecule has 0 bridgehead atoms. The minimum absolute atomic E-state index is 0.0850. The first kappa shape index (κ1) is 39.4. The second kappa shape index (κ2) is 17.5. The summed E-state index contributed by atoms with van der Waals surface area (Å²) >= 11 is 0.